The first-order valence-corrected chi connectivity index (χ1v) is 12.1. The molecule has 0 saturated carbocycles. The predicted molar refractivity (Wildman–Crippen MR) is 126 cm³/mol. The van der Waals surface area contributed by atoms with Gasteiger partial charge in [-0.1, -0.05) is 72.5 Å². The highest BCUT2D eigenvalue weighted by atomic mass is 32.2. The van der Waals surface area contributed by atoms with Crippen LogP contribution in [0.2, 0.25) is 0 Å². The zero-order valence-corrected chi connectivity index (χ0v) is 18.5. The van der Waals surface area contributed by atoms with Gasteiger partial charge in [-0.25, -0.2) is 0 Å². The highest BCUT2D eigenvalue weighted by Gasteiger charge is 2.70. The maximum atomic E-state index is 11.5. The molecule has 1 aliphatic heterocycles. The first-order valence-electron chi connectivity index (χ1n) is 10.9. The first kappa shape index (κ1) is 18.1. The summed E-state index contributed by atoms with van der Waals surface area (Å²) in [6, 6.07) is 18.8. The van der Waals surface area contributed by atoms with Crippen molar-refractivity contribution < 1.29 is 10.2 Å². The number of thiocarbonyl (C=S) groups is 1. The topological polar surface area (TPSA) is 43.7 Å². The Hall–Kier alpha value is -2.50. The number of thioether (sulfide) groups is 1. The van der Waals surface area contributed by atoms with Crippen molar-refractivity contribution in [2.45, 2.75) is 35.0 Å². The number of hydrogen-bond donors (Lipinski definition) is 2. The number of nitrogens with zero attached hydrogens (tertiary/aromatic N) is 1. The molecular formula is C26H21NO2S2. The maximum Gasteiger partial charge on any atom is 0.141 e. The number of aromatic hydroxyl groups is 2. The molecule has 3 aliphatic carbocycles. The number of benzene rings is 3. The van der Waals surface area contributed by atoms with E-state index in [4.69, 9.17) is 12.2 Å². The second kappa shape index (κ2) is 6.05. The fourth-order valence-electron chi connectivity index (χ4n) is 6.69. The van der Waals surface area contributed by atoms with Gasteiger partial charge in [-0.05, 0) is 41.2 Å². The van der Waals surface area contributed by atoms with Crippen LogP contribution < -0.4 is 0 Å². The molecule has 5 heteroatoms. The third kappa shape index (κ3) is 2.00. The smallest absolute Gasteiger partial charge is 0.141 e. The minimum atomic E-state index is -0.163. The lowest BCUT2D eigenvalue weighted by Gasteiger charge is -2.58. The summed E-state index contributed by atoms with van der Waals surface area (Å²) in [6.07, 6.45) is 2.31. The van der Waals surface area contributed by atoms with Gasteiger partial charge in [0.25, 0.3) is 0 Å². The van der Waals surface area contributed by atoms with E-state index in [2.05, 4.69) is 53.4 Å². The van der Waals surface area contributed by atoms with Crippen LogP contribution in [-0.4, -0.2) is 32.5 Å². The van der Waals surface area contributed by atoms with Crippen LogP contribution in [0.25, 0.3) is 0 Å². The van der Waals surface area contributed by atoms with Gasteiger partial charge in [0.05, 0.1) is 4.90 Å². The molecule has 31 heavy (non-hydrogen) atoms. The first-order chi connectivity index (χ1) is 15.1. The maximum absolute atomic E-state index is 11.5. The minimum absolute atomic E-state index is 0.0745. The number of phenolic OH excluding ortho intramolecular Hbond substituents is 2. The molecule has 0 bridgehead atoms. The van der Waals surface area contributed by atoms with Crippen LogP contribution in [-0.2, 0) is 5.41 Å². The van der Waals surface area contributed by atoms with Gasteiger partial charge in [-0.2, -0.15) is 0 Å². The number of hydrogen-bond acceptors (Lipinski definition) is 4. The Bertz CT molecular complexity index is 1300. The summed E-state index contributed by atoms with van der Waals surface area (Å²) in [6.45, 7) is 1.94. The number of phenols is 2. The highest BCUT2D eigenvalue weighted by Crippen LogP contribution is 2.79. The molecule has 0 aromatic heterocycles. The van der Waals surface area contributed by atoms with Crippen molar-refractivity contribution in [2.75, 3.05) is 13.1 Å². The molecule has 2 N–H and O–H groups in total. The number of fused-ring (bicyclic) bond motifs is 7. The minimum Gasteiger partial charge on any atom is -0.508 e. The van der Waals surface area contributed by atoms with E-state index >= 15 is 0 Å². The van der Waals surface area contributed by atoms with Gasteiger partial charge >= 0.3 is 0 Å². The lowest BCUT2D eigenvalue weighted by atomic mass is 9.43. The van der Waals surface area contributed by atoms with Crippen molar-refractivity contribution in [1.29, 1.82) is 0 Å². The number of likely N-dealkylation sites (tertiary alicyclic amines) is 1. The van der Waals surface area contributed by atoms with Gasteiger partial charge in [0.1, 0.15) is 15.8 Å². The molecule has 1 heterocycles. The molecule has 0 amide bonds. The lowest BCUT2D eigenvalue weighted by Crippen LogP contribution is -2.52. The molecule has 0 radical (unpaired) electrons. The van der Waals surface area contributed by atoms with E-state index in [0.717, 1.165) is 41.4 Å². The van der Waals surface area contributed by atoms with Crippen LogP contribution in [0, 0.1) is 0 Å². The van der Waals surface area contributed by atoms with Gasteiger partial charge in [0.2, 0.25) is 0 Å². The largest absolute Gasteiger partial charge is 0.508 e. The summed E-state index contributed by atoms with van der Waals surface area (Å²) in [5.74, 6) is 0.733. The van der Waals surface area contributed by atoms with E-state index in [1.807, 2.05) is 0 Å². The van der Waals surface area contributed by atoms with Gasteiger partial charge < -0.3 is 15.1 Å². The summed E-state index contributed by atoms with van der Waals surface area (Å²) in [5, 5.41) is 22.7. The zero-order valence-electron chi connectivity index (χ0n) is 16.8. The Labute approximate surface area is 190 Å². The second-order valence-corrected chi connectivity index (χ2v) is 10.7. The molecule has 4 aliphatic rings. The fourth-order valence-corrected chi connectivity index (χ4v) is 8.02. The molecule has 7 rings (SSSR count). The lowest BCUT2D eigenvalue weighted by molar-refractivity contribution is 0.325. The quantitative estimate of drug-likeness (QED) is 0.297. The van der Waals surface area contributed by atoms with Crippen molar-refractivity contribution in [3.63, 3.8) is 0 Å². The Kier molecular flexibility index (Phi) is 3.53. The van der Waals surface area contributed by atoms with Crippen molar-refractivity contribution in [3.8, 4) is 11.5 Å². The van der Waals surface area contributed by atoms with Gasteiger partial charge in [0.15, 0.2) is 0 Å². The van der Waals surface area contributed by atoms with Crippen molar-refractivity contribution in [3.05, 3.63) is 88.0 Å². The van der Waals surface area contributed by atoms with E-state index in [9.17, 15) is 10.2 Å². The standard InChI is InChI=1S/C26H21NO2S2/c28-18-13-19(31-25(30)27-11-5-6-12-27)24(29)21-20(18)22-14-7-1-3-9-16(14)26(22)17-10-4-2-8-15(17)23(21)26/h1-4,7-10,13,22-23,28-29H,5-6,11-12H2/t22-,23+,26+/m0/s1. The van der Waals surface area contributed by atoms with E-state index < -0.39 is 0 Å². The summed E-state index contributed by atoms with van der Waals surface area (Å²) in [5.41, 5.74) is 6.83. The van der Waals surface area contributed by atoms with Crippen molar-refractivity contribution in [2.24, 2.45) is 0 Å². The van der Waals surface area contributed by atoms with E-state index in [0.29, 0.717) is 10.6 Å². The van der Waals surface area contributed by atoms with Crippen molar-refractivity contribution >= 4 is 28.3 Å². The molecule has 3 aromatic rings. The van der Waals surface area contributed by atoms with Gasteiger partial charge in [-0.3, -0.25) is 0 Å². The average molecular weight is 444 g/mol. The Morgan fingerprint density at radius 1 is 0.903 bits per heavy atom. The zero-order chi connectivity index (χ0) is 20.9. The molecule has 1 saturated heterocycles. The van der Waals surface area contributed by atoms with E-state index in [-0.39, 0.29) is 23.0 Å². The normalized spacial score (nSPS) is 26.1. The number of rotatable bonds is 1. The Morgan fingerprint density at radius 3 is 2.13 bits per heavy atom. The fraction of sp³-hybridized carbons (Fsp3) is 0.269. The van der Waals surface area contributed by atoms with Crippen molar-refractivity contribution in [1.82, 2.24) is 4.90 Å². The molecular weight excluding hydrogens is 422 g/mol. The summed E-state index contributed by atoms with van der Waals surface area (Å²) in [7, 11) is 0. The Balaban J connectivity index is 1.42. The molecule has 3 atom stereocenters. The van der Waals surface area contributed by atoms with Crippen LogP contribution in [0.4, 0.5) is 0 Å². The van der Waals surface area contributed by atoms with Crippen LogP contribution >= 0.6 is 24.0 Å². The average Bonchev–Trinajstić information content (AvgIpc) is 3.37. The van der Waals surface area contributed by atoms with Gasteiger partial charge in [-0.15, -0.1) is 0 Å². The van der Waals surface area contributed by atoms with Gasteiger partial charge in [0, 0.05) is 41.5 Å². The third-order valence-corrected chi connectivity index (χ3v) is 9.28. The Morgan fingerprint density at radius 2 is 1.48 bits per heavy atom. The second-order valence-electron chi connectivity index (χ2n) is 9.04. The molecule has 0 unspecified atom stereocenters. The third-order valence-electron chi connectivity index (χ3n) is 7.81. The highest BCUT2D eigenvalue weighted by molar-refractivity contribution is 8.23. The van der Waals surface area contributed by atoms with E-state index in [1.54, 1.807) is 6.07 Å². The SMILES string of the molecule is Oc1cc(SC(=S)N2CCCC2)c(O)c2c1[C@@H]1c3ccccc3[C@@]13c1ccccc1[C@H]23. The van der Waals surface area contributed by atoms with Crippen LogP contribution in [0.5, 0.6) is 11.5 Å². The summed E-state index contributed by atoms with van der Waals surface area (Å²) in [4.78, 5) is 2.86. The van der Waals surface area contributed by atoms with Crippen LogP contribution in [0.3, 0.4) is 0 Å². The summed E-state index contributed by atoms with van der Waals surface area (Å²) < 4.78 is 0.778. The molecule has 154 valence electrons. The molecule has 1 spiro atoms. The molecule has 3 aromatic carbocycles. The van der Waals surface area contributed by atoms with Crippen LogP contribution in [0.1, 0.15) is 58.1 Å². The van der Waals surface area contributed by atoms with Crippen LogP contribution in [0.15, 0.2) is 59.5 Å². The van der Waals surface area contributed by atoms with E-state index in [1.165, 1.54) is 34.0 Å². The molecule has 3 nitrogen and oxygen atoms in total. The molecule has 1 fully saturated rings. The summed E-state index contributed by atoms with van der Waals surface area (Å²) >= 11 is 7.07. The predicted octanol–water partition coefficient (Wildman–Crippen LogP) is 5.46. The monoisotopic (exact) mass is 443 g/mol.